The number of carbonyl (C=O) groups is 2. The van der Waals surface area contributed by atoms with Crippen molar-refractivity contribution in [2.24, 2.45) is 0 Å². The molecule has 2 amide bonds. The Hall–Kier alpha value is -2.69. The van der Waals surface area contributed by atoms with Gasteiger partial charge >= 0.3 is 0 Å². The molecule has 0 fully saturated rings. The van der Waals surface area contributed by atoms with E-state index >= 15 is 0 Å². The molecule has 4 nitrogen and oxygen atoms in total. The third-order valence-corrected chi connectivity index (χ3v) is 4.01. The summed E-state index contributed by atoms with van der Waals surface area (Å²) in [5.74, 6) is -0.796. The Morgan fingerprint density at radius 1 is 1.08 bits per heavy atom. The highest BCUT2D eigenvalue weighted by atomic mass is 19.1. The minimum absolute atomic E-state index is 0.0531. The van der Waals surface area contributed by atoms with Crippen molar-refractivity contribution in [3.63, 3.8) is 0 Å². The Balaban J connectivity index is 2.01. The topological polar surface area (TPSA) is 58.2 Å². The van der Waals surface area contributed by atoms with Crippen molar-refractivity contribution in [1.82, 2.24) is 5.32 Å². The van der Waals surface area contributed by atoms with Crippen LogP contribution in [-0.4, -0.2) is 17.9 Å². The number of amides is 2. The fourth-order valence-electron chi connectivity index (χ4n) is 2.36. The Labute approximate surface area is 147 Å². The lowest BCUT2D eigenvalue weighted by molar-refractivity contribution is -0.116. The lowest BCUT2D eigenvalue weighted by Gasteiger charge is -2.14. The van der Waals surface area contributed by atoms with Gasteiger partial charge in [0.2, 0.25) is 5.91 Å². The predicted molar refractivity (Wildman–Crippen MR) is 97.0 cm³/mol. The molecule has 0 heterocycles. The molecule has 0 bridgehead atoms. The van der Waals surface area contributed by atoms with E-state index in [2.05, 4.69) is 10.6 Å². The molecule has 0 spiro atoms. The van der Waals surface area contributed by atoms with Crippen molar-refractivity contribution < 1.29 is 14.0 Å². The van der Waals surface area contributed by atoms with Gasteiger partial charge in [-0.05, 0) is 43.5 Å². The summed E-state index contributed by atoms with van der Waals surface area (Å²) in [6.07, 6.45) is 1.27. The Bertz CT molecular complexity index is 746. The molecule has 2 aromatic rings. The Kier molecular flexibility index (Phi) is 6.69. The molecule has 0 aliphatic rings. The van der Waals surface area contributed by atoms with E-state index in [1.807, 2.05) is 13.8 Å². The standard InChI is InChI=1S/C20H23FN2O2/c1-3-14(2)22-20(25)16-9-5-7-11-18(16)23-19(24)13-12-15-8-4-6-10-17(15)21/h4-11,14H,3,12-13H2,1-2H3,(H,22,25)(H,23,24). The van der Waals surface area contributed by atoms with E-state index in [0.29, 0.717) is 23.2 Å². The van der Waals surface area contributed by atoms with Crippen LogP contribution in [0.4, 0.5) is 10.1 Å². The minimum atomic E-state index is -0.316. The van der Waals surface area contributed by atoms with Gasteiger partial charge in [-0.15, -0.1) is 0 Å². The summed E-state index contributed by atoms with van der Waals surface area (Å²) >= 11 is 0. The summed E-state index contributed by atoms with van der Waals surface area (Å²) < 4.78 is 13.6. The van der Waals surface area contributed by atoms with Crippen LogP contribution >= 0.6 is 0 Å². The molecular formula is C20H23FN2O2. The smallest absolute Gasteiger partial charge is 0.253 e. The van der Waals surface area contributed by atoms with Crippen molar-refractivity contribution >= 4 is 17.5 Å². The van der Waals surface area contributed by atoms with Crippen molar-refractivity contribution in [3.8, 4) is 0 Å². The van der Waals surface area contributed by atoms with Gasteiger partial charge in [0.05, 0.1) is 11.3 Å². The number of para-hydroxylation sites is 1. The van der Waals surface area contributed by atoms with E-state index in [-0.39, 0.29) is 30.1 Å². The number of hydrogen-bond acceptors (Lipinski definition) is 2. The normalized spacial score (nSPS) is 11.6. The number of benzene rings is 2. The highest BCUT2D eigenvalue weighted by molar-refractivity contribution is 6.03. The SMILES string of the molecule is CCC(C)NC(=O)c1ccccc1NC(=O)CCc1ccccc1F. The number of aryl methyl sites for hydroxylation is 1. The van der Waals surface area contributed by atoms with Crippen molar-refractivity contribution in [2.75, 3.05) is 5.32 Å². The third kappa shape index (κ3) is 5.41. The number of halogens is 1. The molecule has 1 unspecified atom stereocenters. The minimum Gasteiger partial charge on any atom is -0.350 e. The van der Waals surface area contributed by atoms with Gasteiger partial charge in [0, 0.05) is 12.5 Å². The molecule has 0 aromatic heterocycles. The van der Waals surface area contributed by atoms with E-state index in [9.17, 15) is 14.0 Å². The van der Waals surface area contributed by atoms with Crippen LogP contribution in [0.5, 0.6) is 0 Å². The zero-order valence-corrected chi connectivity index (χ0v) is 14.5. The lowest BCUT2D eigenvalue weighted by Crippen LogP contribution is -2.32. The van der Waals surface area contributed by atoms with Crippen molar-refractivity contribution in [2.45, 2.75) is 39.2 Å². The van der Waals surface area contributed by atoms with Crippen molar-refractivity contribution in [3.05, 3.63) is 65.5 Å². The second kappa shape index (κ2) is 8.97. The molecule has 1 atom stereocenters. The van der Waals surface area contributed by atoms with Gasteiger partial charge in [-0.2, -0.15) is 0 Å². The average molecular weight is 342 g/mol. The summed E-state index contributed by atoms with van der Waals surface area (Å²) in [7, 11) is 0. The Morgan fingerprint density at radius 2 is 1.76 bits per heavy atom. The molecule has 0 saturated heterocycles. The number of carbonyl (C=O) groups excluding carboxylic acids is 2. The van der Waals surface area contributed by atoms with Gasteiger partial charge in [0.1, 0.15) is 5.82 Å². The fraction of sp³-hybridized carbons (Fsp3) is 0.300. The van der Waals surface area contributed by atoms with Crippen LogP contribution in [0.1, 0.15) is 42.6 Å². The van der Waals surface area contributed by atoms with E-state index in [1.54, 1.807) is 42.5 Å². The van der Waals surface area contributed by atoms with Crippen molar-refractivity contribution in [1.29, 1.82) is 0 Å². The second-order valence-corrected chi connectivity index (χ2v) is 5.97. The molecule has 2 rings (SSSR count). The molecule has 0 aliphatic carbocycles. The molecule has 2 aromatic carbocycles. The van der Waals surface area contributed by atoms with Crippen LogP contribution < -0.4 is 10.6 Å². The first-order valence-corrected chi connectivity index (χ1v) is 8.44. The first kappa shape index (κ1) is 18.6. The van der Waals surface area contributed by atoms with Crippen LogP contribution in [0.25, 0.3) is 0 Å². The number of nitrogens with one attached hydrogen (secondary N) is 2. The van der Waals surface area contributed by atoms with Crippen LogP contribution in [0, 0.1) is 5.82 Å². The summed E-state index contributed by atoms with van der Waals surface area (Å²) in [6, 6.07) is 13.3. The zero-order chi connectivity index (χ0) is 18.2. The summed E-state index contributed by atoms with van der Waals surface area (Å²) in [4.78, 5) is 24.5. The average Bonchev–Trinajstić information content (AvgIpc) is 2.61. The molecule has 25 heavy (non-hydrogen) atoms. The zero-order valence-electron chi connectivity index (χ0n) is 14.5. The maximum absolute atomic E-state index is 13.6. The van der Waals surface area contributed by atoms with E-state index in [1.165, 1.54) is 6.07 Å². The van der Waals surface area contributed by atoms with Gasteiger partial charge in [0.25, 0.3) is 5.91 Å². The number of rotatable bonds is 7. The van der Waals surface area contributed by atoms with Crippen LogP contribution in [0.3, 0.4) is 0 Å². The highest BCUT2D eigenvalue weighted by Gasteiger charge is 2.14. The van der Waals surface area contributed by atoms with E-state index < -0.39 is 0 Å². The van der Waals surface area contributed by atoms with Gasteiger partial charge in [-0.1, -0.05) is 37.3 Å². The quantitative estimate of drug-likeness (QED) is 0.801. The Morgan fingerprint density at radius 3 is 2.48 bits per heavy atom. The first-order valence-electron chi connectivity index (χ1n) is 8.44. The van der Waals surface area contributed by atoms with Crippen LogP contribution in [0.15, 0.2) is 48.5 Å². The molecule has 0 radical (unpaired) electrons. The molecule has 2 N–H and O–H groups in total. The van der Waals surface area contributed by atoms with Crippen LogP contribution in [-0.2, 0) is 11.2 Å². The number of anilines is 1. The maximum atomic E-state index is 13.6. The van der Waals surface area contributed by atoms with Crippen LogP contribution in [0.2, 0.25) is 0 Å². The molecule has 132 valence electrons. The van der Waals surface area contributed by atoms with E-state index in [4.69, 9.17) is 0 Å². The maximum Gasteiger partial charge on any atom is 0.253 e. The molecule has 0 aliphatic heterocycles. The summed E-state index contributed by atoms with van der Waals surface area (Å²) in [5.41, 5.74) is 1.38. The lowest BCUT2D eigenvalue weighted by atomic mass is 10.1. The van der Waals surface area contributed by atoms with Gasteiger partial charge in [-0.3, -0.25) is 9.59 Å². The van der Waals surface area contributed by atoms with E-state index in [0.717, 1.165) is 6.42 Å². The summed E-state index contributed by atoms with van der Waals surface area (Å²) in [5, 5.41) is 5.64. The number of hydrogen-bond donors (Lipinski definition) is 2. The molecule has 5 heteroatoms. The largest absolute Gasteiger partial charge is 0.350 e. The van der Waals surface area contributed by atoms with Gasteiger partial charge in [0.15, 0.2) is 0 Å². The molecular weight excluding hydrogens is 319 g/mol. The highest BCUT2D eigenvalue weighted by Crippen LogP contribution is 2.16. The fourth-order valence-corrected chi connectivity index (χ4v) is 2.36. The third-order valence-electron chi connectivity index (χ3n) is 4.01. The first-order chi connectivity index (χ1) is 12.0. The summed E-state index contributed by atoms with van der Waals surface area (Å²) in [6.45, 7) is 3.91. The monoisotopic (exact) mass is 342 g/mol. The molecule has 0 saturated carbocycles. The van der Waals surface area contributed by atoms with Gasteiger partial charge in [-0.25, -0.2) is 4.39 Å². The predicted octanol–water partition coefficient (Wildman–Crippen LogP) is 3.93. The second-order valence-electron chi connectivity index (χ2n) is 5.97. The van der Waals surface area contributed by atoms with Gasteiger partial charge < -0.3 is 10.6 Å².